The van der Waals surface area contributed by atoms with E-state index >= 15 is 0 Å². The molecule has 6 nitrogen and oxygen atoms in total. The van der Waals surface area contributed by atoms with Crippen LogP contribution < -0.4 is 20.9 Å². The standard InChI is InChI=1S/C13H15N3O3/c1-19-10-4-2-3-9(7-10)8-14-13(18)11-5-6-12(17)16-15-11/h2-5,7,15H,6,8H2,1H3,(H,14,18)(H,16,17). The van der Waals surface area contributed by atoms with E-state index in [1.165, 1.54) is 0 Å². The first-order valence-electron chi connectivity index (χ1n) is 5.85. The van der Waals surface area contributed by atoms with Crippen LogP contribution in [0.5, 0.6) is 5.75 Å². The summed E-state index contributed by atoms with van der Waals surface area (Å²) in [5, 5.41) is 2.76. The van der Waals surface area contributed by atoms with Crippen LogP contribution in [0.3, 0.4) is 0 Å². The highest BCUT2D eigenvalue weighted by Crippen LogP contribution is 2.12. The maximum absolute atomic E-state index is 11.8. The summed E-state index contributed by atoms with van der Waals surface area (Å²) in [4.78, 5) is 22.7. The first-order valence-corrected chi connectivity index (χ1v) is 5.85. The Morgan fingerprint density at radius 3 is 2.95 bits per heavy atom. The van der Waals surface area contributed by atoms with Gasteiger partial charge in [-0.3, -0.25) is 20.4 Å². The van der Waals surface area contributed by atoms with E-state index in [2.05, 4.69) is 16.2 Å². The molecule has 2 rings (SSSR count). The number of rotatable bonds is 4. The molecule has 0 aliphatic carbocycles. The maximum Gasteiger partial charge on any atom is 0.269 e. The van der Waals surface area contributed by atoms with Crippen LogP contribution in [0.15, 0.2) is 36.0 Å². The number of nitrogens with one attached hydrogen (secondary N) is 3. The topological polar surface area (TPSA) is 79.5 Å². The lowest BCUT2D eigenvalue weighted by molar-refractivity contribution is -0.122. The number of hydrazine groups is 1. The number of hydrogen-bond acceptors (Lipinski definition) is 4. The van der Waals surface area contributed by atoms with Crippen LogP contribution in [0, 0.1) is 0 Å². The fourth-order valence-electron chi connectivity index (χ4n) is 1.64. The molecule has 0 radical (unpaired) electrons. The minimum atomic E-state index is -0.261. The number of methoxy groups -OCH3 is 1. The molecule has 1 aromatic carbocycles. The van der Waals surface area contributed by atoms with E-state index in [1.807, 2.05) is 24.3 Å². The molecule has 0 saturated heterocycles. The molecule has 6 heteroatoms. The van der Waals surface area contributed by atoms with Crippen molar-refractivity contribution in [1.82, 2.24) is 16.2 Å². The highest BCUT2D eigenvalue weighted by atomic mass is 16.5. The molecule has 0 aromatic heterocycles. The number of benzene rings is 1. The Morgan fingerprint density at radius 2 is 2.26 bits per heavy atom. The SMILES string of the molecule is COc1cccc(CNC(=O)C2=CCC(=O)NN2)c1. The number of amides is 2. The van der Waals surface area contributed by atoms with Crippen molar-refractivity contribution >= 4 is 11.8 Å². The molecule has 0 fully saturated rings. The Kier molecular flexibility index (Phi) is 4.02. The van der Waals surface area contributed by atoms with E-state index in [0.717, 1.165) is 11.3 Å². The van der Waals surface area contributed by atoms with Gasteiger partial charge in [-0.05, 0) is 23.8 Å². The summed E-state index contributed by atoms with van der Waals surface area (Å²) in [5.41, 5.74) is 6.23. The van der Waals surface area contributed by atoms with Gasteiger partial charge in [0.25, 0.3) is 5.91 Å². The van der Waals surface area contributed by atoms with Crippen molar-refractivity contribution in [3.8, 4) is 5.75 Å². The molecular formula is C13H15N3O3. The van der Waals surface area contributed by atoms with Crippen molar-refractivity contribution in [2.24, 2.45) is 0 Å². The van der Waals surface area contributed by atoms with E-state index in [9.17, 15) is 9.59 Å². The van der Waals surface area contributed by atoms with Crippen LogP contribution in [0.25, 0.3) is 0 Å². The van der Waals surface area contributed by atoms with Gasteiger partial charge >= 0.3 is 0 Å². The third-order valence-corrected chi connectivity index (χ3v) is 2.66. The van der Waals surface area contributed by atoms with Crippen LogP contribution in [0.1, 0.15) is 12.0 Å². The second kappa shape index (κ2) is 5.90. The van der Waals surface area contributed by atoms with Crippen LogP contribution in [-0.2, 0) is 16.1 Å². The molecular weight excluding hydrogens is 246 g/mol. The lowest BCUT2D eigenvalue weighted by atomic mass is 10.2. The molecule has 19 heavy (non-hydrogen) atoms. The van der Waals surface area contributed by atoms with Gasteiger partial charge in [-0.25, -0.2) is 0 Å². The molecule has 1 aliphatic heterocycles. The zero-order valence-electron chi connectivity index (χ0n) is 10.5. The first kappa shape index (κ1) is 12.9. The highest BCUT2D eigenvalue weighted by molar-refractivity contribution is 5.95. The maximum atomic E-state index is 11.8. The fourth-order valence-corrected chi connectivity index (χ4v) is 1.64. The van der Waals surface area contributed by atoms with Gasteiger partial charge in [0.05, 0.1) is 7.11 Å². The lowest BCUT2D eigenvalue weighted by Gasteiger charge is -2.16. The van der Waals surface area contributed by atoms with E-state index in [0.29, 0.717) is 12.2 Å². The van der Waals surface area contributed by atoms with Gasteiger partial charge in [-0.2, -0.15) is 0 Å². The molecule has 0 bridgehead atoms. The Hall–Kier alpha value is -2.50. The number of hydrogen-bond donors (Lipinski definition) is 3. The van der Waals surface area contributed by atoms with Crippen molar-refractivity contribution in [2.75, 3.05) is 7.11 Å². The lowest BCUT2D eigenvalue weighted by Crippen LogP contribution is -2.44. The van der Waals surface area contributed by atoms with Gasteiger partial charge in [-0.1, -0.05) is 12.1 Å². The first-order chi connectivity index (χ1) is 9.19. The molecule has 0 saturated carbocycles. The predicted octanol–water partition coefficient (Wildman–Crippen LogP) is 0.220. The van der Waals surface area contributed by atoms with Crippen LogP contribution >= 0.6 is 0 Å². The average Bonchev–Trinajstić information content (AvgIpc) is 2.46. The van der Waals surface area contributed by atoms with Gasteiger partial charge in [0.1, 0.15) is 11.4 Å². The molecule has 2 amide bonds. The van der Waals surface area contributed by atoms with Crippen LogP contribution in [-0.4, -0.2) is 18.9 Å². The largest absolute Gasteiger partial charge is 0.497 e. The third-order valence-electron chi connectivity index (χ3n) is 2.66. The number of ether oxygens (including phenoxy) is 1. The monoisotopic (exact) mass is 261 g/mol. The Labute approximate surface area is 110 Å². The van der Waals surface area contributed by atoms with E-state index in [1.54, 1.807) is 13.2 Å². The van der Waals surface area contributed by atoms with Crippen molar-refractivity contribution in [2.45, 2.75) is 13.0 Å². The van der Waals surface area contributed by atoms with Gasteiger partial charge < -0.3 is 10.1 Å². The van der Waals surface area contributed by atoms with Gasteiger partial charge in [0.2, 0.25) is 5.91 Å². The third kappa shape index (κ3) is 3.48. The number of carbonyl (C=O) groups excluding carboxylic acids is 2. The minimum Gasteiger partial charge on any atom is -0.497 e. The van der Waals surface area contributed by atoms with Crippen molar-refractivity contribution in [3.05, 3.63) is 41.6 Å². The molecule has 1 heterocycles. The fraction of sp³-hybridized carbons (Fsp3) is 0.231. The second-order valence-corrected chi connectivity index (χ2v) is 4.03. The predicted molar refractivity (Wildman–Crippen MR) is 68.8 cm³/mol. The summed E-state index contributed by atoms with van der Waals surface area (Å²) in [6.07, 6.45) is 1.76. The Bertz CT molecular complexity index is 526. The summed E-state index contributed by atoms with van der Waals surface area (Å²) < 4.78 is 5.11. The molecule has 0 spiro atoms. The van der Waals surface area contributed by atoms with Gasteiger partial charge in [-0.15, -0.1) is 0 Å². The summed E-state index contributed by atoms with van der Waals surface area (Å²) in [7, 11) is 1.59. The summed E-state index contributed by atoms with van der Waals surface area (Å²) in [6.45, 7) is 0.392. The van der Waals surface area contributed by atoms with E-state index < -0.39 is 0 Å². The number of carbonyl (C=O) groups is 2. The summed E-state index contributed by atoms with van der Waals surface area (Å²) >= 11 is 0. The quantitative estimate of drug-likeness (QED) is 0.724. The molecule has 3 N–H and O–H groups in total. The summed E-state index contributed by atoms with van der Waals surface area (Å²) in [5.74, 6) is 0.321. The molecule has 100 valence electrons. The molecule has 0 atom stereocenters. The summed E-state index contributed by atoms with van der Waals surface area (Å²) in [6, 6.07) is 7.45. The van der Waals surface area contributed by atoms with E-state index in [-0.39, 0.29) is 18.2 Å². The van der Waals surface area contributed by atoms with Crippen LogP contribution in [0.4, 0.5) is 0 Å². The van der Waals surface area contributed by atoms with Crippen LogP contribution in [0.2, 0.25) is 0 Å². The normalized spacial score (nSPS) is 13.9. The zero-order valence-corrected chi connectivity index (χ0v) is 10.5. The van der Waals surface area contributed by atoms with E-state index in [4.69, 9.17) is 4.74 Å². The average molecular weight is 261 g/mol. The molecule has 1 aromatic rings. The molecule has 1 aliphatic rings. The van der Waals surface area contributed by atoms with Gasteiger partial charge in [0.15, 0.2) is 0 Å². The van der Waals surface area contributed by atoms with Crippen molar-refractivity contribution in [3.63, 3.8) is 0 Å². The smallest absolute Gasteiger partial charge is 0.269 e. The van der Waals surface area contributed by atoms with Crippen molar-refractivity contribution < 1.29 is 14.3 Å². The molecule has 0 unspecified atom stereocenters. The Morgan fingerprint density at radius 1 is 1.42 bits per heavy atom. The minimum absolute atomic E-state index is 0.163. The van der Waals surface area contributed by atoms with Crippen molar-refractivity contribution in [1.29, 1.82) is 0 Å². The Balaban J connectivity index is 1.91. The van der Waals surface area contributed by atoms with Gasteiger partial charge in [0, 0.05) is 13.0 Å². The highest BCUT2D eigenvalue weighted by Gasteiger charge is 2.14. The second-order valence-electron chi connectivity index (χ2n) is 4.03. The zero-order chi connectivity index (χ0) is 13.7.